The first kappa shape index (κ1) is 16.1. The highest BCUT2D eigenvalue weighted by molar-refractivity contribution is 5.91. The molecule has 1 aromatic heterocycles. The van der Waals surface area contributed by atoms with E-state index in [0.29, 0.717) is 0 Å². The summed E-state index contributed by atoms with van der Waals surface area (Å²) < 4.78 is 5.97. The quantitative estimate of drug-likeness (QED) is 0.836. The third kappa shape index (κ3) is 3.50. The summed E-state index contributed by atoms with van der Waals surface area (Å²) in [4.78, 5) is 18.9. The van der Waals surface area contributed by atoms with Crippen molar-refractivity contribution in [2.24, 2.45) is 5.92 Å². The second-order valence-electron chi connectivity index (χ2n) is 6.82. The van der Waals surface area contributed by atoms with Crippen molar-refractivity contribution < 1.29 is 9.53 Å². The molecule has 0 bridgehead atoms. The van der Waals surface area contributed by atoms with Crippen LogP contribution >= 0.6 is 0 Å². The lowest BCUT2D eigenvalue weighted by Gasteiger charge is -2.30. The third-order valence-corrected chi connectivity index (χ3v) is 4.31. The van der Waals surface area contributed by atoms with Gasteiger partial charge in [0.05, 0.1) is 11.5 Å². The number of ether oxygens (including phenoxy) is 1. The normalized spacial score (nSPS) is 23.7. The number of rotatable bonds is 5. The molecule has 0 aliphatic carbocycles. The van der Waals surface area contributed by atoms with Crippen molar-refractivity contribution in [3.05, 3.63) is 30.1 Å². The van der Waals surface area contributed by atoms with Crippen molar-refractivity contribution >= 4 is 5.78 Å². The molecule has 1 aromatic rings. The molecule has 4 nitrogen and oxygen atoms in total. The van der Waals surface area contributed by atoms with Gasteiger partial charge in [-0.25, -0.2) is 0 Å². The van der Waals surface area contributed by atoms with E-state index < -0.39 is 11.2 Å². The smallest absolute Gasteiger partial charge is 0.171 e. The summed E-state index contributed by atoms with van der Waals surface area (Å²) in [5.41, 5.74) is 0.131. The molecular formula is C17H26N2O2. The number of carbonyl (C=O) groups excluding carboxylic acids is 1. The predicted octanol–water partition coefficient (Wildman–Crippen LogP) is 2.68. The largest absolute Gasteiger partial charge is 0.361 e. The molecule has 116 valence electrons. The lowest BCUT2D eigenvalue weighted by Crippen LogP contribution is -2.40. The second-order valence-corrected chi connectivity index (χ2v) is 6.82. The van der Waals surface area contributed by atoms with E-state index in [2.05, 4.69) is 16.8 Å². The summed E-state index contributed by atoms with van der Waals surface area (Å²) in [6, 6.07) is 4.04. The van der Waals surface area contributed by atoms with Gasteiger partial charge >= 0.3 is 0 Å². The van der Waals surface area contributed by atoms with E-state index in [1.54, 1.807) is 12.4 Å². The average molecular weight is 290 g/mol. The van der Waals surface area contributed by atoms with Crippen LogP contribution in [0.1, 0.15) is 40.2 Å². The van der Waals surface area contributed by atoms with Gasteiger partial charge in [0.25, 0.3) is 0 Å². The van der Waals surface area contributed by atoms with Gasteiger partial charge in [-0.2, -0.15) is 0 Å². The van der Waals surface area contributed by atoms with Crippen molar-refractivity contribution in [2.45, 2.75) is 52.4 Å². The maximum Gasteiger partial charge on any atom is 0.171 e. The minimum Gasteiger partial charge on any atom is -0.361 e. The Morgan fingerprint density at radius 2 is 1.86 bits per heavy atom. The van der Waals surface area contributed by atoms with Gasteiger partial charge in [0.15, 0.2) is 5.78 Å². The molecule has 0 radical (unpaired) electrons. The molecular weight excluding hydrogens is 264 g/mol. The Bertz CT molecular complexity index is 497. The number of nitrogens with zero attached hydrogens (tertiary/aromatic N) is 2. The van der Waals surface area contributed by atoms with Gasteiger partial charge in [0.2, 0.25) is 0 Å². The lowest BCUT2D eigenvalue weighted by atomic mass is 9.85. The van der Waals surface area contributed by atoms with Gasteiger partial charge in [-0.15, -0.1) is 0 Å². The molecule has 1 aliphatic heterocycles. The van der Waals surface area contributed by atoms with Crippen molar-refractivity contribution in [1.82, 2.24) is 9.88 Å². The molecule has 1 unspecified atom stereocenters. The van der Waals surface area contributed by atoms with E-state index in [0.717, 1.165) is 19.6 Å². The molecule has 4 heteroatoms. The summed E-state index contributed by atoms with van der Waals surface area (Å²) in [6.45, 7) is 12.4. The highest BCUT2D eigenvalue weighted by atomic mass is 16.5. The van der Waals surface area contributed by atoms with E-state index in [4.69, 9.17) is 4.74 Å². The first-order chi connectivity index (χ1) is 9.76. The molecule has 0 saturated carbocycles. The predicted molar refractivity (Wildman–Crippen MR) is 82.9 cm³/mol. The van der Waals surface area contributed by atoms with Gasteiger partial charge < -0.3 is 4.74 Å². The number of hydrogen-bond acceptors (Lipinski definition) is 4. The zero-order valence-corrected chi connectivity index (χ0v) is 13.7. The molecule has 0 amide bonds. The summed E-state index contributed by atoms with van der Waals surface area (Å²) in [7, 11) is 0. The Hall–Kier alpha value is -1.26. The van der Waals surface area contributed by atoms with E-state index in [1.165, 1.54) is 5.56 Å². The van der Waals surface area contributed by atoms with Crippen LogP contribution in [0.3, 0.4) is 0 Å². The van der Waals surface area contributed by atoms with Crippen LogP contribution in [0.25, 0.3) is 0 Å². The highest BCUT2D eigenvalue weighted by Crippen LogP contribution is 2.39. The van der Waals surface area contributed by atoms with Crippen LogP contribution in [0.15, 0.2) is 24.5 Å². The molecule has 1 atom stereocenters. The number of carbonyl (C=O) groups is 1. The van der Waals surface area contributed by atoms with Gasteiger partial charge in [0, 0.05) is 25.5 Å². The van der Waals surface area contributed by atoms with Crippen molar-refractivity contribution in [3.63, 3.8) is 0 Å². The van der Waals surface area contributed by atoms with Gasteiger partial charge in [-0.3, -0.25) is 14.7 Å². The standard InChI is InChI=1S/C17H26N2O2/c1-6-19(11-13-7-9-18-10-8-13)12-14-15(20)17(4,5)21-16(14,2)3/h7-10,14H,6,11-12H2,1-5H3. The van der Waals surface area contributed by atoms with E-state index in [9.17, 15) is 4.79 Å². The number of pyridine rings is 1. The van der Waals surface area contributed by atoms with Crippen molar-refractivity contribution in [2.75, 3.05) is 13.1 Å². The Morgan fingerprint density at radius 1 is 1.24 bits per heavy atom. The van der Waals surface area contributed by atoms with Crippen LogP contribution in [-0.2, 0) is 16.1 Å². The number of ketones is 1. The SMILES string of the molecule is CCN(Cc1ccncc1)CC1C(=O)C(C)(C)OC1(C)C. The minimum atomic E-state index is -0.676. The first-order valence-electron chi connectivity index (χ1n) is 7.62. The first-order valence-corrected chi connectivity index (χ1v) is 7.62. The molecule has 2 heterocycles. The van der Waals surface area contributed by atoms with Crippen LogP contribution in [-0.4, -0.2) is 40.0 Å². The Morgan fingerprint density at radius 3 is 2.33 bits per heavy atom. The summed E-state index contributed by atoms with van der Waals surface area (Å²) in [5.74, 6) is 0.120. The topological polar surface area (TPSA) is 42.4 Å². The molecule has 1 saturated heterocycles. The Labute approximate surface area is 127 Å². The monoisotopic (exact) mass is 290 g/mol. The Kier molecular flexibility index (Phi) is 4.49. The number of aromatic nitrogens is 1. The van der Waals surface area contributed by atoms with Crippen molar-refractivity contribution in [1.29, 1.82) is 0 Å². The van der Waals surface area contributed by atoms with Crippen LogP contribution < -0.4 is 0 Å². The van der Waals surface area contributed by atoms with Gasteiger partial charge in [-0.1, -0.05) is 6.92 Å². The molecule has 0 spiro atoms. The van der Waals surface area contributed by atoms with E-state index in [1.807, 2.05) is 39.8 Å². The minimum absolute atomic E-state index is 0.0886. The van der Waals surface area contributed by atoms with Gasteiger partial charge in [0.1, 0.15) is 5.60 Å². The van der Waals surface area contributed by atoms with E-state index >= 15 is 0 Å². The molecule has 0 aromatic carbocycles. The fourth-order valence-electron chi connectivity index (χ4n) is 3.13. The zero-order valence-electron chi connectivity index (χ0n) is 13.7. The summed E-state index contributed by atoms with van der Waals surface area (Å²) >= 11 is 0. The number of hydrogen-bond donors (Lipinski definition) is 0. The molecule has 1 aliphatic rings. The summed E-state index contributed by atoms with van der Waals surface area (Å²) in [6.07, 6.45) is 3.61. The second kappa shape index (κ2) is 5.85. The van der Waals surface area contributed by atoms with E-state index in [-0.39, 0.29) is 11.7 Å². The molecule has 21 heavy (non-hydrogen) atoms. The molecule has 0 N–H and O–H groups in total. The van der Waals surface area contributed by atoms with Crippen molar-refractivity contribution in [3.8, 4) is 0 Å². The fourth-order valence-corrected chi connectivity index (χ4v) is 3.13. The maximum absolute atomic E-state index is 12.6. The average Bonchev–Trinajstić information content (AvgIpc) is 2.57. The fraction of sp³-hybridized carbons (Fsp3) is 0.647. The molecule has 2 rings (SSSR count). The van der Waals surface area contributed by atoms with Crippen LogP contribution in [0.2, 0.25) is 0 Å². The van der Waals surface area contributed by atoms with Gasteiger partial charge in [-0.05, 0) is 51.9 Å². The zero-order chi connectivity index (χ0) is 15.7. The lowest BCUT2D eigenvalue weighted by molar-refractivity contribution is -0.132. The Balaban J connectivity index is 2.09. The van der Waals surface area contributed by atoms with Crippen LogP contribution in [0.5, 0.6) is 0 Å². The van der Waals surface area contributed by atoms with Crippen LogP contribution in [0, 0.1) is 5.92 Å². The summed E-state index contributed by atoms with van der Waals surface area (Å²) in [5, 5.41) is 0. The highest BCUT2D eigenvalue weighted by Gasteiger charge is 2.53. The maximum atomic E-state index is 12.6. The number of Topliss-reactive ketones (excluding diaryl/α,β-unsaturated/α-hetero) is 1. The molecule has 1 fully saturated rings. The van der Waals surface area contributed by atoms with Crippen LogP contribution in [0.4, 0.5) is 0 Å². The third-order valence-electron chi connectivity index (χ3n) is 4.31.